The number of aliphatic imine (C=N–C) groups is 1. The average Bonchev–Trinajstić information content (AvgIpc) is 2.70. The summed E-state index contributed by atoms with van der Waals surface area (Å²) in [5.74, 6) is 0.723. The van der Waals surface area contributed by atoms with Crippen LogP contribution in [0, 0.1) is 5.92 Å². The van der Waals surface area contributed by atoms with Gasteiger partial charge in [0.15, 0.2) is 0 Å². The van der Waals surface area contributed by atoms with E-state index in [0.717, 1.165) is 24.3 Å². The maximum absolute atomic E-state index is 10.3. The molecule has 2 rings (SSSR count). The second-order valence-electron chi connectivity index (χ2n) is 3.85. The molecule has 2 nitrogen and oxygen atoms in total. The predicted octanol–water partition coefficient (Wildman–Crippen LogP) is 2.49. The number of nitrogens with zero attached hydrogens (tertiary/aromatic N) is 1. The predicted molar refractivity (Wildman–Crippen MR) is 52.8 cm³/mol. The Hall–Kier alpha value is -0.920. The Morgan fingerprint density at radius 1 is 1.46 bits per heavy atom. The molecular formula is C11H15NO. The van der Waals surface area contributed by atoms with Crippen LogP contribution in [0.1, 0.15) is 38.5 Å². The van der Waals surface area contributed by atoms with Crippen LogP contribution in [0.5, 0.6) is 0 Å². The Kier molecular flexibility index (Phi) is 2.57. The van der Waals surface area contributed by atoms with Crippen molar-refractivity contribution < 1.29 is 4.79 Å². The van der Waals surface area contributed by atoms with Crippen molar-refractivity contribution in [3.63, 3.8) is 0 Å². The van der Waals surface area contributed by atoms with Crippen LogP contribution in [-0.2, 0) is 4.79 Å². The van der Waals surface area contributed by atoms with Gasteiger partial charge in [0.1, 0.15) is 6.29 Å². The summed E-state index contributed by atoms with van der Waals surface area (Å²) < 4.78 is 0. The second-order valence-corrected chi connectivity index (χ2v) is 3.85. The lowest BCUT2D eigenvalue weighted by molar-refractivity contribution is -0.107. The number of hydrogen-bond acceptors (Lipinski definition) is 2. The first-order chi connectivity index (χ1) is 6.40. The highest BCUT2D eigenvalue weighted by Gasteiger charge is 2.22. The first kappa shape index (κ1) is 8.67. The van der Waals surface area contributed by atoms with E-state index in [2.05, 4.69) is 11.1 Å². The summed E-state index contributed by atoms with van der Waals surface area (Å²) in [6, 6.07) is 0. The van der Waals surface area contributed by atoms with Crippen molar-refractivity contribution in [3.8, 4) is 0 Å². The van der Waals surface area contributed by atoms with Gasteiger partial charge in [-0.15, -0.1) is 0 Å². The van der Waals surface area contributed by atoms with Crippen LogP contribution in [0.25, 0.3) is 0 Å². The summed E-state index contributed by atoms with van der Waals surface area (Å²) in [4.78, 5) is 14.8. The van der Waals surface area contributed by atoms with Crippen molar-refractivity contribution in [2.75, 3.05) is 0 Å². The molecule has 0 N–H and O–H groups in total. The fraction of sp³-hybridized carbons (Fsp3) is 0.636. The SMILES string of the molecule is O=CCC1=CCC(C2CCCC2)=N1. The van der Waals surface area contributed by atoms with Crippen molar-refractivity contribution >= 4 is 12.0 Å². The maximum Gasteiger partial charge on any atom is 0.125 e. The molecule has 0 amide bonds. The zero-order chi connectivity index (χ0) is 9.10. The Bertz CT molecular complexity index is 259. The van der Waals surface area contributed by atoms with E-state index in [1.165, 1.54) is 31.4 Å². The molecule has 1 aliphatic carbocycles. The van der Waals surface area contributed by atoms with Gasteiger partial charge in [-0.25, -0.2) is 0 Å². The third-order valence-electron chi connectivity index (χ3n) is 2.95. The number of carbonyl (C=O) groups is 1. The average molecular weight is 177 g/mol. The smallest absolute Gasteiger partial charge is 0.125 e. The zero-order valence-corrected chi connectivity index (χ0v) is 7.83. The van der Waals surface area contributed by atoms with E-state index in [0.29, 0.717) is 6.42 Å². The van der Waals surface area contributed by atoms with Gasteiger partial charge in [0.05, 0.1) is 0 Å². The minimum Gasteiger partial charge on any atom is -0.303 e. The number of rotatable bonds is 3. The van der Waals surface area contributed by atoms with E-state index in [9.17, 15) is 4.79 Å². The molecule has 0 bridgehead atoms. The third-order valence-corrected chi connectivity index (χ3v) is 2.95. The molecule has 0 saturated heterocycles. The van der Waals surface area contributed by atoms with Gasteiger partial charge in [0.25, 0.3) is 0 Å². The Morgan fingerprint density at radius 3 is 2.92 bits per heavy atom. The molecule has 0 aromatic carbocycles. The van der Waals surface area contributed by atoms with Crippen molar-refractivity contribution in [2.45, 2.75) is 38.5 Å². The summed E-state index contributed by atoms with van der Waals surface area (Å²) in [6.07, 6.45) is 9.85. The molecular weight excluding hydrogens is 162 g/mol. The van der Waals surface area contributed by atoms with Crippen LogP contribution < -0.4 is 0 Å². The Balaban J connectivity index is 1.96. The van der Waals surface area contributed by atoms with Crippen LogP contribution >= 0.6 is 0 Å². The molecule has 0 aromatic rings. The molecule has 70 valence electrons. The minimum absolute atomic E-state index is 0.496. The lowest BCUT2D eigenvalue weighted by atomic mass is 10.0. The van der Waals surface area contributed by atoms with Crippen LogP contribution in [-0.4, -0.2) is 12.0 Å². The molecule has 2 aliphatic rings. The number of hydrogen-bond donors (Lipinski definition) is 0. The number of allylic oxidation sites excluding steroid dienone is 2. The van der Waals surface area contributed by atoms with Gasteiger partial charge in [-0.2, -0.15) is 0 Å². The monoisotopic (exact) mass is 177 g/mol. The summed E-state index contributed by atoms with van der Waals surface area (Å²) >= 11 is 0. The van der Waals surface area contributed by atoms with Crippen molar-refractivity contribution in [1.29, 1.82) is 0 Å². The van der Waals surface area contributed by atoms with E-state index in [-0.39, 0.29) is 0 Å². The highest BCUT2D eigenvalue weighted by Crippen LogP contribution is 2.30. The lowest BCUT2D eigenvalue weighted by Crippen LogP contribution is -2.07. The zero-order valence-electron chi connectivity index (χ0n) is 7.83. The molecule has 1 saturated carbocycles. The Morgan fingerprint density at radius 2 is 2.23 bits per heavy atom. The second kappa shape index (κ2) is 3.86. The topological polar surface area (TPSA) is 29.4 Å². The van der Waals surface area contributed by atoms with Crippen LogP contribution in [0.15, 0.2) is 16.8 Å². The fourth-order valence-electron chi connectivity index (χ4n) is 2.23. The van der Waals surface area contributed by atoms with Gasteiger partial charge in [0.2, 0.25) is 0 Å². The Labute approximate surface area is 78.7 Å². The van der Waals surface area contributed by atoms with Crippen LogP contribution in [0.4, 0.5) is 0 Å². The quantitative estimate of drug-likeness (QED) is 0.609. The van der Waals surface area contributed by atoms with E-state index < -0.39 is 0 Å². The van der Waals surface area contributed by atoms with Gasteiger partial charge in [-0.1, -0.05) is 18.9 Å². The van der Waals surface area contributed by atoms with Crippen LogP contribution in [0.3, 0.4) is 0 Å². The number of aldehydes is 1. The molecule has 1 heterocycles. The van der Waals surface area contributed by atoms with Crippen molar-refractivity contribution in [2.24, 2.45) is 10.9 Å². The summed E-state index contributed by atoms with van der Waals surface area (Å²) in [5, 5.41) is 0. The third kappa shape index (κ3) is 1.87. The fourth-order valence-corrected chi connectivity index (χ4v) is 2.23. The first-order valence-electron chi connectivity index (χ1n) is 5.10. The molecule has 0 aromatic heterocycles. The molecule has 0 unspecified atom stereocenters. The van der Waals surface area contributed by atoms with Gasteiger partial charge in [-0.3, -0.25) is 4.99 Å². The van der Waals surface area contributed by atoms with Gasteiger partial charge < -0.3 is 4.79 Å². The maximum atomic E-state index is 10.3. The molecule has 2 heteroatoms. The van der Waals surface area contributed by atoms with Gasteiger partial charge >= 0.3 is 0 Å². The largest absolute Gasteiger partial charge is 0.303 e. The minimum atomic E-state index is 0.496. The molecule has 0 atom stereocenters. The molecule has 13 heavy (non-hydrogen) atoms. The lowest BCUT2D eigenvalue weighted by Gasteiger charge is -2.07. The van der Waals surface area contributed by atoms with Gasteiger partial charge in [0, 0.05) is 24.3 Å². The van der Waals surface area contributed by atoms with E-state index >= 15 is 0 Å². The first-order valence-corrected chi connectivity index (χ1v) is 5.10. The highest BCUT2D eigenvalue weighted by atomic mass is 16.1. The molecule has 0 radical (unpaired) electrons. The molecule has 1 fully saturated rings. The van der Waals surface area contributed by atoms with Crippen molar-refractivity contribution in [3.05, 3.63) is 11.8 Å². The van der Waals surface area contributed by atoms with E-state index in [1.54, 1.807) is 0 Å². The molecule has 1 aliphatic heterocycles. The molecule has 0 spiro atoms. The number of carbonyl (C=O) groups excluding carboxylic acids is 1. The standard InChI is InChI=1S/C11H15NO/c13-8-7-10-5-6-11(12-10)9-3-1-2-4-9/h5,8-9H,1-4,6-7H2. The summed E-state index contributed by atoms with van der Waals surface area (Å²) in [6.45, 7) is 0. The highest BCUT2D eigenvalue weighted by molar-refractivity contribution is 5.91. The van der Waals surface area contributed by atoms with Crippen LogP contribution in [0.2, 0.25) is 0 Å². The van der Waals surface area contributed by atoms with E-state index in [1.807, 2.05) is 0 Å². The summed E-state index contributed by atoms with van der Waals surface area (Å²) in [5.41, 5.74) is 2.31. The normalized spacial score (nSPS) is 23.1. The van der Waals surface area contributed by atoms with E-state index in [4.69, 9.17) is 0 Å². The van der Waals surface area contributed by atoms with Gasteiger partial charge in [-0.05, 0) is 18.8 Å². The summed E-state index contributed by atoms with van der Waals surface area (Å²) in [7, 11) is 0. The van der Waals surface area contributed by atoms with Crippen molar-refractivity contribution in [1.82, 2.24) is 0 Å².